The lowest BCUT2D eigenvalue weighted by atomic mass is 10.1. The first-order chi connectivity index (χ1) is 13.9. The Labute approximate surface area is 174 Å². The largest absolute Gasteiger partial charge is 0.497 e. The topological polar surface area (TPSA) is 79.3 Å². The fraction of sp³-hybridized carbons (Fsp3) is 0.333. The van der Waals surface area contributed by atoms with Gasteiger partial charge in [0.25, 0.3) is 5.91 Å². The SMILES string of the molecule is COc1ccc(C2Sc3ccccc3N(CCN(C)O)C(=O)C2OC(C)=O)cc1. The van der Waals surface area contributed by atoms with E-state index in [9.17, 15) is 14.8 Å². The Morgan fingerprint density at radius 2 is 1.90 bits per heavy atom. The second-order valence-corrected chi connectivity index (χ2v) is 7.86. The molecule has 2 aromatic rings. The zero-order valence-corrected chi connectivity index (χ0v) is 17.4. The van der Waals surface area contributed by atoms with E-state index in [1.165, 1.54) is 25.7 Å². The van der Waals surface area contributed by atoms with Crippen LogP contribution in [0.25, 0.3) is 0 Å². The number of rotatable bonds is 6. The van der Waals surface area contributed by atoms with Crippen LogP contribution in [0.2, 0.25) is 0 Å². The van der Waals surface area contributed by atoms with Gasteiger partial charge in [0.1, 0.15) is 5.75 Å². The molecule has 1 N–H and O–H groups in total. The summed E-state index contributed by atoms with van der Waals surface area (Å²) in [6, 6.07) is 15.0. The number of hydroxylamine groups is 2. The van der Waals surface area contributed by atoms with Gasteiger partial charge in [-0.3, -0.25) is 9.59 Å². The number of benzene rings is 2. The molecule has 0 saturated carbocycles. The van der Waals surface area contributed by atoms with Gasteiger partial charge in [-0.2, -0.15) is 5.06 Å². The number of thioether (sulfide) groups is 1. The highest BCUT2D eigenvalue weighted by Gasteiger charge is 2.40. The van der Waals surface area contributed by atoms with Crippen LogP contribution in [0, 0.1) is 0 Å². The molecule has 2 unspecified atom stereocenters. The van der Waals surface area contributed by atoms with Gasteiger partial charge >= 0.3 is 5.97 Å². The standard InChI is InChI=1S/C21H24N2O5S/c1-14(24)28-19-20(15-8-10-16(27-3)11-9-15)29-18-7-5-4-6-17(18)23(21(19)25)13-12-22(2)26/h4-11,19-20,26H,12-13H2,1-3H3. The smallest absolute Gasteiger partial charge is 0.303 e. The maximum Gasteiger partial charge on any atom is 0.303 e. The highest BCUT2D eigenvalue weighted by atomic mass is 32.2. The van der Waals surface area contributed by atoms with Crippen molar-refractivity contribution < 1.29 is 24.3 Å². The van der Waals surface area contributed by atoms with Gasteiger partial charge in [-0.15, -0.1) is 11.8 Å². The Morgan fingerprint density at radius 3 is 2.52 bits per heavy atom. The molecule has 8 heteroatoms. The van der Waals surface area contributed by atoms with E-state index in [2.05, 4.69) is 0 Å². The second kappa shape index (κ2) is 9.30. The predicted octanol–water partition coefficient (Wildman–Crippen LogP) is 3.13. The number of hydrogen-bond acceptors (Lipinski definition) is 7. The summed E-state index contributed by atoms with van der Waals surface area (Å²) < 4.78 is 10.7. The van der Waals surface area contributed by atoms with Gasteiger partial charge in [-0.1, -0.05) is 24.3 Å². The summed E-state index contributed by atoms with van der Waals surface area (Å²) in [5.74, 6) is -0.135. The van der Waals surface area contributed by atoms with Gasteiger partial charge in [-0.25, -0.2) is 0 Å². The number of nitrogens with zero attached hydrogens (tertiary/aromatic N) is 2. The maximum atomic E-state index is 13.5. The van der Waals surface area contributed by atoms with E-state index in [0.717, 1.165) is 21.2 Å². The number of carbonyl (C=O) groups excluding carboxylic acids is 2. The number of amides is 1. The molecule has 3 rings (SSSR count). The third-order valence-electron chi connectivity index (χ3n) is 4.58. The number of likely N-dealkylation sites (N-methyl/N-ethyl adjacent to an activating group) is 1. The lowest BCUT2D eigenvalue weighted by molar-refractivity contribution is -0.153. The monoisotopic (exact) mass is 416 g/mol. The Kier molecular flexibility index (Phi) is 6.79. The summed E-state index contributed by atoms with van der Waals surface area (Å²) in [7, 11) is 3.11. The van der Waals surface area contributed by atoms with Crippen molar-refractivity contribution in [1.29, 1.82) is 0 Å². The third-order valence-corrected chi connectivity index (χ3v) is 5.95. The van der Waals surface area contributed by atoms with Gasteiger partial charge in [0.2, 0.25) is 0 Å². The van der Waals surface area contributed by atoms with Crippen LogP contribution >= 0.6 is 11.8 Å². The van der Waals surface area contributed by atoms with Gasteiger partial charge in [-0.05, 0) is 29.8 Å². The minimum atomic E-state index is -0.998. The Hall–Kier alpha value is -2.55. The van der Waals surface area contributed by atoms with E-state index >= 15 is 0 Å². The molecule has 1 heterocycles. The van der Waals surface area contributed by atoms with E-state index in [4.69, 9.17) is 9.47 Å². The van der Waals surface area contributed by atoms with Gasteiger partial charge in [0.05, 0.1) is 18.0 Å². The summed E-state index contributed by atoms with van der Waals surface area (Å²) >= 11 is 1.48. The van der Waals surface area contributed by atoms with Crippen molar-refractivity contribution in [2.45, 2.75) is 23.2 Å². The Morgan fingerprint density at radius 1 is 1.21 bits per heavy atom. The number of fused-ring (bicyclic) bond motifs is 1. The minimum absolute atomic E-state index is 0.255. The van der Waals surface area contributed by atoms with E-state index in [1.807, 2.05) is 48.5 Å². The number of methoxy groups -OCH3 is 1. The quantitative estimate of drug-likeness (QED) is 0.572. The van der Waals surface area contributed by atoms with Crippen molar-refractivity contribution in [2.24, 2.45) is 0 Å². The summed E-state index contributed by atoms with van der Waals surface area (Å²) in [5.41, 5.74) is 1.59. The molecule has 154 valence electrons. The molecule has 1 amide bonds. The van der Waals surface area contributed by atoms with Crippen LogP contribution in [-0.2, 0) is 14.3 Å². The molecular weight excluding hydrogens is 392 g/mol. The van der Waals surface area contributed by atoms with Crippen LogP contribution in [-0.4, -0.2) is 55.5 Å². The van der Waals surface area contributed by atoms with E-state index in [-0.39, 0.29) is 19.0 Å². The molecule has 1 aliphatic heterocycles. The van der Waals surface area contributed by atoms with Crippen molar-refractivity contribution in [3.63, 3.8) is 0 Å². The van der Waals surface area contributed by atoms with Crippen LogP contribution in [0.1, 0.15) is 17.7 Å². The highest BCUT2D eigenvalue weighted by Crippen LogP contribution is 2.46. The van der Waals surface area contributed by atoms with Gasteiger partial charge in [0, 0.05) is 32.0 Å². The van der Waals surface area contributed by atoms with Crippen molar-refractivity contribution in [2.75, 3.05) is 32.1 Å². The molecule has 2 atom stereocenters. The zero-order valence-electron chi connectivity index (χ0n) is 16.6. The molecule has 0 aliphatic carbocycles. The fourth-order valence-corrected chi connectivity index (χ4v) is 4.50. The summed E-state index contributed by atoms with van der Waals surface area (Å²) in [5, 5.41) is 10.2. The van der Waals surface area contributed by atoms with Crippen molar-refractivity contribution in [3.05, 3.63) is 54.1 Å². The molecule has 1 aliphatic rings. The fourth-order valence-electron chi connectivity index (χ4n) is 3.18. The lowest BCUT2D eigenvalue weighted by Gasteiger charge is -2.28. The zero-order chi connectivity index (χ0) is 21.0. The minimum Gasteiger partial charge on any atom is -0.497 e. The molecule has 0 fully saturated rings. The second-order valence-electron chi connectivity index (χ2n) is 6.68. The summed E-state index contributed by atoms with van der Waals surface area (Å²) in [4.78, 5) is 27.8. The first-order valence-corrected chi connectivity index (χ1v) is 10.1. The molecule has 7 nitrogen and oxygen atoms in total. The predicted molar refractivity (Wildman–Crippen MR) is 110 cm³/mol. The molecule has 0 aromatic heterocycles. The van der Waals surface area contributed by atoms with Crippen LogP contribution in [0.4, 0.5) is 5.69 Å². The first-order valence-electron chi connectivity index (χ1n) is 9.19. The summed E-state index contributed by atoms with van der Waals surface area (Å²) in [6.07, 6.45) is -0.998. The Balaban J connectivity index is 2.06. The van der Waals surface area contributed by atoms with Gasteiger partial charge in [0.15, 0.2) is 6.10 Å². The molecule has 0 bridgehead atoms. The van der Waals surface area contributed by atoms with Crippen LogP contribution in [0.3, 0.4) is 0 Å². The number of ether oxygens (including phenoxy) is 2. The summed E-state index contributed by atoms with van der Waals surface area (Å²) in [6.45, 7) is 1.81. The van der Waals surface area contributed by atoms with Crippen LogP contribution in [0.15, 0.2) is 53.4 Å². The maximum absolute atomic E-state index is 13.5. The highest BCUT2D eigenvalue weighted by molar-refractivity contribution is 7.99. The number of anilines is 1. The molecule has 29 heavy (non-hydrogen) atoms. The molecule has 2 aromatic carbocycles. The number of hydrogen-bond donors (Lipinski definition) is 1. The first kappa shape index (κ1) is 21.2. The number of carbonyl (C=O) groups is 2. The van der Waals surface area contributed by atoms with E-state index < -0.39 is 17.3 Å². The van der Waals surface area contributed by atoms with Gasteiger partial charge < -0.3 is 19.6 Å². The molecular formula is C21H24N2O5S. The van der Waals surface area contributed by atoms with Crippen molar-refractivity contribution in [1.82, 2.24) is 5.06 Å². The lowest BCUT2D eigenvalue weighted by Crippen LogP contribution is -2.45. The molecule has 0 saturated heterocycles. The van der Waals surface area contributed by atoms with Crippen LogP contribution < -0.4 is 9.64 Å². The Bertz CT molecular complexity index is 872. The average molecular weight is 416 g/mol. The van der Waals surface area contributed by atoms with Crippen molar-refractivity contribution >= 4 is 29.3 Å². The third kappa shape index (κ3) is 4.90. The van der Waals surface area contributed by atoms with Crippen LogP contribution in [0.5, 0.6) is 5.75 Å². The number of esters is 1. The van der Waals surface area contributed by atoms with E-state index in [1.54, 1.807) is 12.0 Å². The molecule has 0 spiro atoms. The van der Waals surface area contributed by atoms with E-state index in [0.29, 0.717) is 5.75 Å². The number of para-hydroxylation sites is 1. The van der Waals surface area contributed by atoms with Crippen molar-refractivity contribution in [3.8, 4) is 5.75 Å². The normalized spacial score (nSPS) is 18.9. The average Bonchev–Trinajstić information content (AvgIpc) is 2.81. The molecule has 0 radical (unpaired) electrons.